The van der Waals surface area contributed by atoms with Gasteiger partial charge in [0.15, 0.2) is 0 Å². The summed E-state index contributed by atoms with van der Waals surface area (Å²) in [6.45, 7) is 0. The van der Waals surface area contributed by atoms with Crippen LogP contribution in [0.4, 0.5) is 0 Å². The molecule has 0 spiro atoms. The molecule has 0 aromatic carbocycles. The van der Waals surface area contributed by atoms with Gasteiger partial charge in [-0.3, -0.25) is 0 Å². The van der Waals surface area contributed by atoms with Crippen LogP contribution in [0.15, 0.2) is 23.3 Å². The van der Waals surface area contributed by atoms with Crippen LogP contribution in [-0.2, 0) is 19.1 Å². The Morgan fingerprint density at radius 1 is 1.19 bits per heavy atom. The number of rotatable bonds is 2. The minimum Gasteiger partial charge on any atom is -0.465 e. The lowest BCUT2D eigenvalue weighted by Gasteiger charge is -2.13. The molecule has 0 aromatic rings. The molecule has 1 saturated carbocycles. The Morgan fingerprint density at radius 3 is 2.19 bits per heavy atom. The first-order chi connectivity index (χ1) is 7.67. The fourth-order valence-electron chi connectivity index (χ4n) is 2.46. The van der Waals surface area contributed by atoms with E-state index in [2.05, 4.69) is 21.6 Å². The number of esters is 2. The van der Waals surface area contributed by atoms with E-state index < -0.39 is 11.9 Å². The first kappa shape index (κ1) is 10.9. The van der Waals surface area contributed by atoms with Crippen LogP contribution >= 0.6 is 0 Å². The largest absolute Gasteiger partial charge is 0.465 e. The average molecular weight is 222 g/mol. The summed E-state index contributed by atoms with van der Waals surface area (Å²) in [5.74, 6) is -0.520. The third-order valence-electron chi connectivity index (χ3n) is 3.20. The molecule has 86 valence electrons. The molecule has 2 bridgehead atoms. The minimum absolute atomic E-state index is 0.0850. The minimum atomic E-state index is -0.595. The molecule has 0 aromatic heterocycles. The molecule has 1 fully saturated rings. The van der Waals surface area contributed by atoms with Gasteiger partial charge in [-0.25, -0.2) is 9.59 Å². The molecule has 4 nitrogen and oxygen atoms in total. The van der Waals surface area contributed by atoms with Crippen molar-refractivity contribution in [3.8, 4) is 0 Å². The first-order valence-electron chi connectivity index (χ1n) is 5.25. The highest BCUT2D eigenvalue weighted by Gasteiger charge is 2.37. The van der Waals surface area contributed by atoms with Gasteiger partial charge in [0.25, 0.3) is 0 Å². The second-order valence-corrected chi connectivity index (χ2v) is 4.07. The third-order valence-corrected chi connectivity index (χ3v) is 3.20. The van der Waals surface area contributed by atoms with Gasteiger partial charge in [-0.05, 0) is 30.3 Å². The quantitative estimate of drug-likeness (QED) is 0.232. The number of allylic oxidation sites excluding steroid dienone is 3. The SMILES string of the molecule is COC(=O)C(C(=O)OC)=C1CC2C=CC1C2. The summed E-state index contributed by atoms with van der Waals surface area (Å²) in [7, 11) is 2.55. The summed E-state index contributed by atoms with van der Waals surface area (Å²) < 4.78 is 9.27. The Bertz CT molecular complexity index is 374. The highest BCUT2D eigenvalue weighted by molar-refractivity contribution is 6.14. The molecule has 0 saturated heterocycles. The van der Waals surface area contributed by atoms with Crippen LogP contribution in [0.25, 0.3) is 0 Å². The number of methoxy groups -OCH3 is 2. The van der Waals surface area contributed by atoms with Crippen LogP contribution in [0.1, 0.15) is 12.8 Å². The maximum atomic E-state index is 11.6. The topological polar surface area (TPSA) is 52.6 Å². The van der Waals surface area contributed by atoms with Gasteiger partial charge in [0.2, 0.25) is 0 Å². The predicted octanol–water partition coefficient (Wildman–Crippen LogP) is 1.22. The van der Waals surface area contributed by atoms with Crippen molar-refractivity contribution < 1.29 is 19.1 Å². The molecule has 2 atom stereocenters. The lowest BCUT2D eigenvalue weighted by Crippen LogP contribution is -2.19. The molecule has 2 rings (SSSR count). The molecular weight excluding hydrogens is 208 g/mol. The fraction of sp³-hybridized carbons (Fsp3) is 0.500. The van der Waals surface area contributed by atoms with Crippen molar-refractivity contribution in [2.45, 2.75) is 12.8 Å². The van der Waals surface area contributed by atoms with Gasteiger partial charge in [-0.15, -0.1) is 0 Å². The van der Waals surface area contributed by atoms with E-state index in [1.807, 2.05) is 0 Å². The van der Waals surface area contributed by atoms with Gasteiger partial charge in [-0.2, -0.15) is 0 Å². The van der Waals surface area contributed by atoms with Crippen molar-refractivity contribution in [1.82, 2.24) is 0 Å². The Hall–Kier alpha value is -1.58. The molecule has 2 aliphatic rings. The smallest absolute Gasteiger partial charge is 0.345 e. The summed E-state index contributed by atoms with van der Waals surface area (Å²) in [6, 6.07) is 0. The highest BCUT2D eigenvalue weighted by atomic mass is 16.5. The van der Waals surface area contributed by atoms with E-state index in [1.165, 1.54) is 14.2 Å². The second-order valence-electron chi connectivity index (χ2n) is 4.07. The standard InChI is InChI=1S/C12H14O4/c1-15-11(13)10(12(14)16-2)9-6-7-3-4-8(9)5-7/h3-4,7-8H,5-6H2,1-2H3. The van der Waals surface area contributed by atoms with Crippen LogP contribution < -0.4 is 0 Å². The normalized spacial score (nSPS) is 25.8. The maximum absolute atomic E-state index is 11.6. The second kappa shape index (κ2) is 4.12. The molecule has 4 heteroatoms. The van der Waals surface area contributed by atoms with E-state index in [-0.39, 0.29) is 11.5 Å². The monoisotopic (exact) mass is 222 g/mol. The van der Waals surface area contributed by atoms with Crippen molar-refractivity contribution in [3.05, 3.63) is 23.3 Å². The van der Waals surface area contributed by atoms with Crippen molar-refractivity contribution in [2.24, 2.45) is 11.8 Å². The van der Waals surface area contributed by atoms with Crippen LogP contribution in [0.3, 0.4) is 0 Å². The van der Waals surface area contributed by atoms with Gasteiger partial charge >= 0.3 is 11.9 Å². The van der Waals surface area contributed by atoms with Crippen molar-refractivity contribution >= 4 is 11.9 Å². The van der Waals surface area contributed by atoms with Gasteiger partial charge in [0.05, 0.1) is 14.2 Å². The van der Waals surface area contributed by atoms with Crippen molar-refractivity contribution in [3.63, 3.8) is 0 Å². The zero-order chi connectivity index (χ0) is 11.7. The Morgan fingerprint density at radius 2 is 1.81 bits per heavy atom. The number of carbonyl (C=O) groups excluding carboxylic acids is 2. The van der Waals surface area contributed by atoms with E-state index in [1.54, 1.807) is 0 Å². The molecule has 16 heavy (non-hydrogen) atoms. The summed E-state index contributed by atoms with van der Waals surface area (Å²) >= 11 is 0. The lowest BCUT2D eigenvalue weighted by atomic mass is 9.95. The van der Waals surface area contributed by atoms with Crippen LogP contribution in [0.5, 0.6) is 0 Å². The van der Waals surface area contributed by atoms with Gasteiger partial charge in [-0.1, -0.05) is 12.2 Å². The number of ether oxygens (including phenoxy) is 2. The molecular formula is C12H14O4. The number of carbonyl (C=O) groups is 2. The van der Waals surface area contributed by atoms with Gasteiger partial charge in [0, 0.05) is 0 Å². The first-order valence-corrected chi connectivity index (χ1v) is 5.25. The Balaban J connectivity index is 2.38. The van der Waals surface area contributed by atoms with E-state index in [4.69, 9.17) is 0 Å². The zero-order valence-corrected chi connectivity index (χ0v) is 9.36. The van der Waals surface area contributed by atoms with Gasteiger partial charge < -0.3 is 9.47 Å². The molecule has 0 aliphatic heterocycles. The summed E-state index contributed by atoms with van der Waals surface area (Å²) in [5, 5.41) is 0. The van der Waals surface area contributed by atoms with Crippen molar-refractivity contribution in [2.75, 3.05) is 14.2 Å². The molecule has 0 radical (unpaired) electrons. The predicted molar refractivity (Wildman–Crippen MR) is 56.4 cm³/mol. The number of hydrogen-bond acceptors (Lipinski definition) is 4. The van der Waals surface area contributed by atoms with E-state index >= 15 is 0 Å². The van der Waals surface area contributed by atoms with E-state index in [9.17, 15) is 9.59 Å². The molecule has 2 aliphatic carbocycles. The summed E-state index contributed by atoms with van der Waals surface area (Å²) in [6.07, 6.45) is 5.95. The number of fused-ring (bicyclic) bond motifs is 2. The Labute approximate surface area is 93.9 Å². The average Bonchev–Trinajstić information content (AvgIpc) is 2.90. The highest BCUT2D eigenvalue weighted by Crippen LogP contribution is 2.44. The van der Waals surface area contributed by atoms with Crippen LogP contribution in [0, 0.1) is 11.8 Å². The zero-order valence-electron chi connectivity index (χ0n) is 9.36. The van der Waals surface area contributed by atoms with E-state index in [0.717, 1.165) is 18.4 Å². The van der Waals surface area contributed by atoms with Crippen molar-refractivity contribution in [1.29, 1.82) is 0 Å². The van der Waals surface area contributed by atoms with E-state index in [0.29, 0.717) is 5.92 Å². The van der Waals surface area contributed by atoms with Crippen LogP contribution in [-0.4, -0.2) is 26.2 Å². The Kier molecular flexibility index (Phi) is 2.81. The molecule has 2 unspecified atom stereocenters. The summed E-state index contributed by atoms with van der Waals surface area (Å²) in [4.78, 5) is 23.1. The lowest BCUT2D eigenvalue weighted by molar-refractivity contribution is -0.144. The molecule has 0 heterocycles. The fourth-order valence-corrected chi connectivity index (χ4v) is 2.46. The summed E-state index contributed by atoms with van der Waals surface area (Å²) in [5.41, 5.74) is 0.952. The molecule has 0 N–H and O–H groups in total. The van der Waals surface area contributed by atoms with Gasteiger partial charge in [0.1, 0.15) is 5.57 Å². The molecule has 0 amide bonds. The maximum Gasteiger partial charge on any atom is 0.345 e. The van der Waals surface area contributed by atoms with Crippen LogP contribution in [0.2, 0.25) is 0 Å². The number of hydrogen-bond donors (Lipinski definition) is 0. The third kappa shape index (κ3) is 1.64.